The van der Waals surface area contributed by atoms with Crippen LogP contribution in [0.15, 0.2) is 36.4 Å². The molecule has 1 aliphatic heterocycles. The summed E-state index contributed by atoms with van der Waals surface area (Å²) >= 11 is 0. The van der Waals surface area contributed by atoms with Crippen LogP contribution in [0.2, 0.25) is 0 Å². The van der Waals surface area contributed by atoms with Gasteiger partial charge in [0, 0.05) is 24.2 Å². The summed E-state index contributed by atoms with van der Waals surface area (Å²) in [6.07, 6.45) is 0. The fourth-order valence-electron chi connectivity index (χ4n) is 2.53. The minimum atomic E-state index is -1.66. The number of rotatable bonds is 3. The highest BCUT2D eigenvalue weighted by molar-refractivity contribution is 6.05. The second-order valence-corrected chi connectivity index (χ2v) is 5.66. The van der Waals surface area contributed by atoms with Crippen LogP contribution in [0.25, 0.3) is 0 Å². The van der Waals surface area contributed by atoms with Gasteiger partial charge in [-0.2, -0.15) is 0 Å². The molecule has 8 heteroatoms. The first-order valence-corrected chi connectivity index (χ1v) is 7.89. The standard InChI is InChI=1S/C18H15F3N2O3/c19-13-5-6-14(16(21)15(13)20)22-17(24)11-1-3-12(4-2-11)18(25)23-7-9-26-10-8-23/h1-6H,7-10H2,(H,22,24). The second kappa shape index (κ2) is 7.57. The van der Waals surface area contributed by atoms with Crippen LogP contribution in [-0.4, -0.2) is 43.0 Å². The summed E-state index contributed by atoms with van der Waals surface area (Å²) in [5, 5.41) is 2.17. The first kappa shape index (κ1) is 17.9. The van der Waals surface area contributed by atoms with Gasteiger partial charge >= 0.3 is 0 Å². The SMILES string of the molecule is O=C(Nc1ccc(F)c(F)c1F)c1ccc(C(=O)N2CCOCC2)cc1. The molecule has 2 aromatic carbocycles. The highest BCUT2D eigenvalue weighted by atomic mass is 19.2. The molecule has 0 spiro atoms. The molecule has 3 rings (SSSR count). The van der Waals surface area contributed by atoms with Crippen LogP contribution in [0.1, 0.15) is 20.7 Å². The van der Waals surface area contributed by atoms with Gasteiger partial charge in [0.2, 0.25) is 0 Å². The summed E-state index contributed by atoms with van der Waals surface area (Å²) in [4.78, 5) is 26.1. The molecule has 2 aromatic rings. The van der Waals surface area contributed by atoms with E-state index < -0.39 is 29.0 Å². The van der Waals surface area contributed by atoms with E-state index in [4.69, 9.17) is 4.74 Å². The van der Waals surface area contributed by atoms with Gasteiger partial charge in [0.1, 0.15) is 0 Å². The third-order valence-electron chi connectivity index (χ3n) is 3.98. The Labute approximate surface area is 147 Å². The lowest BCUT2D eigenvalue weighted by atomic mass is 10.1. The minimum absolute atomic E-state index is 0.146. The van der Waals surface area contributed by atoms with E-state index in [0.717, 1.165) is 12.1 Å². The van der Waals surface area contributed by atoms with Crippen molar-refractivity contribution in [3.8, 4) is 0 Å². The summed E-state index contributed by atoms with van der Waals surface area (Å²) in [5.41, 5.74) is 0.0810. The van der Waals surface area contributed by atoms with Gasteiger partial charge in [-0.05, 0) is 36.4 Å². The first-order valence-electron chi connectivity index (χ1n) is 7.89. The zero-order chi connectivity index (χ0) is 18.7. The second-order valence-electron chi connectivity index (χ2n) is 5.66. The first-order chi connectivity index (χ1) is 12.5. The van der Waals surface area contributed by atoms with Crippen LogP contribution in [-0.2, 0) is 4.74 Å². The average Bonchev–Trinajstić information content (AvgIpc) is 2.68. The number of morpholine rings is 1. The van der Waals surface area contributed by atoms with Crippen molar-refractivity contribution in [2.75, 3.05) is 31.6 Å². The Morgan fingerprint density at radius 1 is 0.885 bits per heavy atom. The number of hydrogen-bond donors (Lipinski definition) is 1. The third kappa shape index (κ3) is 3.70. The van der Waals surface area contributed by atoms with Crippen LogP contribution >= 0.6 is 0 Å². The predicted molar refractivity (Wildman–Crippen MR) is 87.4 cm³/mol. The average molecular weight is 364 g/mol. The van der Waals surface area contributed by atoms with E-state index in [2.05, 4.69) is 5.32 Å². The molecule has 0 radical (unpaired) electrons. The molecule has 1 saturated heterocycles. The maximum Gasteiger partial charge on any atom is 0.255 e. The number of nitrogens with zero attached hydrogens (tertiary/aromatic N) is 1. The number of halogens is 3. The summed E-state index contributed by atoms with van der Waals surface area (Å²) in [7, 11) is 0. The van der Waals surface area contributed by atoms with E-state index in [1.165, 1.54) is 24.3 Å². The molecule has 0 aromatic heterocycles. The van der Waals surface area contributed by atoms with Crippen molar-refractivity contribution in [2.45, 2.75) is 0 Å². The van der Waals surface area contributed by atoms with E-state index in [1.807, 2.05) is 0 Å². The molecule has 136 valence electrons. The number of hydrogen-bond acceptors (Lipinski definition) is 3. The quantitative estimate of drug-likeness (QED) is 0.852. The van der Waals surface area contributed by atoms with Gasteiger partial charge in [-0.15, -0.1) is 0 Å². The molecular formula is C18H15F3N2O3. The van der Waals surface area contributed by atoms with Crippen LogP contribution < -0.4 is 5.32 Å². The van der Waals surface area contributed by atoms with Gasteiger partial charge in [-0.1, -0.05) is 0 Å². The Morgan fingerprint density at radius 2 is 1.50 bits per heavy atom. The number of anilines is 1. The van der Waals surface area contributed by atoms with Crippen molar-refractivity contribution in [2.24, 2.45) is 0 Å². The summed E-state index contributed by atoms with van der Waals surface area (Å²) in [5.74, 6) is -5.36. The van der Waals surface area contributed by atoms with Gasteiger partial charge in [0.05, 0.1) is 18.9 Å². The fraction of sp³-hybridized carbons (Fsp3) is 0.222. The molecule has 2 amide bonds. The Kier molecular flexibility index (Phi) is 5.22. The Balaban J connectivity index is 1.71. The Bertz CT molecular complexity index is 834. The van der Waals surface area contributed by atoms with Crippen molar-refractivity contribution in [1.82, 2.24) is 4.90 Å². The zero-order valence-electron chi connectivity index (χ0n) is 13.6. The lowest BCUT2D eigenvalue weighted by molar-refractivity contribution is 0.0303. The van der Waals surface area contributed by atoms with Crippen molar-refractivity contribution < 1.29 is 27.5 Å². The Morgan fingerprint density at radius 3 is 2.15 bits per heavy atom. The lowest BCUT2D eigenvalue weighted by Crippen LogP contribution is -2.40. The van der Waals surface area contributed by atoms with Crippen LogP contribution in [0, 0.1) is 17.5 Å². The van der Waals surface area contributed by atoms with Gasteiger partial charge < -0.3 is 15.0 Å². The minimum Gasteiger partial charge on any atom is -0.378 e. The summed E-state index contributed by atoms with van der Waals surface area (Å²) in [6.45, 7) is 1.95. The van der Waals surface area contributed by atoms with Gasteiger partial charge in [0.25, 0.3) is 11.8 Å². The normalized spacial score (nSPS) is 14.2. The highest BCUT2D eigenvalue weighted by Gasteiger charge is 2.19. The Hall–Kier alpha value is -2.87. The largest absolute Gasteiger partial charge is 0.378 e. The smallest absolute Gasteiger partial charge is 0.255 e. The molecule has 0 aliphatic carbocycles. The van der Waals surface area contributed by atoms with Crippen LogP contribution in [0.4, 0.5) is 18.9 Å². The van der Waals surface area contributed by atoms with E-state index >= 15 is 0 Å². The van der Waals surface area contributed by atoms with E-state index in [1.54, 1.807) is 4.90 Å². The monoisotopic (exact) mass is 364 g/mol. The molecule has 26 heavy (non-hydrogen) atoms. The van der Waals surface area contributed by atoms with E-state index in [-0.39, 0.29) is 11.5 Å². The maximum atomic E-state index is 13.6. The number of nitrogens with one attached hydrogen (secondary N) is 1. The summed E-state index contributed by atoms with van der Waals surface area (Å²) < 4.78 is 44.9. The fourth-order valence-corrected chi connectivity index (χ4v) is 2.53. The predicted octanol–water partition coefficient (Wildman–Crippen LogP) is 2.83. The van der Waals surface area contributed by atoms with Crippen molar-refractivity contribution in [3.05, 3.63) is 65.0 Å². The van der Waals surface area contributed by atoms with Crippen molar-refractivity contribution in [3.63, 3.8) is 0 Å². The van der Waals surface area contributed by atoms with Crippen molar-refractivity contribution in [1.29, 1.82) is 0 Å². The lowest BCUT2D eigenvalue weighted by Gasteiger charge is -2.26. The molecule has 0 unspecified atom stereocenters. The topological polar surface area (TPSA) is 58.6 Å². The van der Waals surface area contributed by atoms with Crippen LogP contribution in [0.3, 0.4) is 0 Å². The van der Waals surface area contributed by atoms with Crippen molar-refractivity contribution >= 4 is 17.5 Å². The van der Waals surface area contributed by atoms with Gasteiger partial charge in [-0.3, -0.25) is 9.59 Å². The van der Waals surface area contributed by atoms with E-state index in [9.17, 15) is 22.8 Å². The molecule has 5 nitrogen and oxygen atoms in total. The molecule has 0 bridgehead atoms. The summed E-state index contributed by atoms with van der Waals surface area (Å²) in [6, 6.07) is 7.42. The molecular weight excluding hydrogens is 349 g/mol. The molecule has 0 saturated carbocycles. The highest BCUT2D eigenvalue weighted by Crippen LogP contribution is 2.20. The molecule has 1 heterocycles. The molecule has 1 fully saturated rings. The third-order valence-corrected chi connectivity index (χ3v) is 3.98. The molecule has 1 N–H and O–H groups in total. The van der Waals surface area contributed by atoms with Gasteiger partial charge in [-0.25, -0.2) is 13.2 Å². The maximum absolute atomic E-state index is 13.6. The van der Waals surface area contributed by atoms with Gasteiger partial charge in [0.15, 0.2) is 17.5 Å². The zero-order valence-corrected chi connectivity index (χ0v) is 13.6. The van der Waals surface area contributed by atoms with E-state index in [0.29, 0.717) is 31.9 Å². The number of ether oxygens (including phenoxy) is 1. The number of benzene rings is 2. The molecule has 0 atom stereocenters. The number of carbonyl (C=O) groups excluding carboxylic acids is 2. The number of carbonyl (C=O) groups is 2. The molecule has 1 aliphatic rings. The van der Waals surface area contributed by atoms with Crippen LogP contribution in [0.5, 0.6) is 0 Å². The number of amides is 2.